The van der Waals surface area contributed by atoms with Crippen molar-refractivity contribution in [3.63, 3.8) is 0 Å². The Hall–Kier alpha value is -2.01. The molecule has 2 heterocycles. The van der Waals surface area contributed by atoms with E-state index < -0.39 is 0 Å². The average Bonchev–Trinajstić information content (AvgIpc) is 2.94. The number of fused-ring (bicyclic) bond motifs is 1. The minimum atomic E-state index is -0.109. The van der Waals surface area contributed by atoms with Gasteiger partial charge in [0.05, 0.1) is 4.53 Å². The van der Waals surface area contributed by atoms with Crippen molar-refractivity contribution in [2.24, 2.45) is 0 Å². The smallest absolute Gasteiger partial charge is 0.266 e. The van der Waals surface area contributed by atoms with E-state index in [9.17, 15) is 4.79 Å². The van der Waals surface area contributed by atoms with Crippen LogP contribution in [0.25, 0.3) is 11.0 Å². The fraction of sp³-hybridized carbons (Fsp3) is 0.267. The fourth-order valence-corrected chi connectivity index (χ4v) is 2.89. The number of aromatic nitrogens is 3. The van der Waals surface area contributed by atoms with Crippen LogP contribution in [0.1, 0.15) is 31.9 Å². The van der Waals surface area contributed by atoms with Gasteiger partial charge in [0.15, 0.2) is 0 Å². The van der Waals surface area contributed by atoms with Gasteiger partial charge in [-0.05, 0) is 22.6 Å². The van der Waals surface area contributed by atoms with E-state index in [0.717, 1.165) is 5.56 Å². The topological polar surface area (TPSA) is 47.3 Å². The molecule has 0 amide bonds. The van der Waals surface area contributed by atoms with Crippen molar-refractivity contribution in [1.29, 1.82) is 0 Å². The molecular weight excluding hydrogens is 270 g/mol. The van der Waals surface area contributed by atoms with E-state index in [2.05, 4.69) is 43.0 Å². The van der Waals surface area contributed by atoms with Crippen LogP contribution in [-0.4, -0.2) is 14.6 Å². The maximum absolute atomic E-state index is 12.1. The Morgan fingerprint density at radius 3 is 2.50 bits per heavy atom. The first-order valence-corrected chi connectivity index (χ1v) is 7.21. The van der Waals surface area contributed by atoms with Crippen LogP contribution >= 0.6 is 11.3 Å². The minimum Gasteiger partial charge on any atom is -0.266 e. The van der Waals surface area contributed by atoms with Crippen LogP contribution in [0.5, 0.6) is 0 Å². The number of hydrogen-bond acceptors (Lipinski definition) is 4. The number of nitrogens with zero attached hydrogens (tertiary/aromatic N) is 3. The molecule has 0 radical (unpaired) electrons. The lowest BCUT2D eigenvalue weighted by Gasteiger charge is -2.18. The maximum Gasteiger partial charge on any atom is 0.291 e. The molecule has 0 saturated heterocycles. The van der Waals surface area contributed by atoms with Crippen LogP contribution in [0, 0.1) is 0 Å². The lowest BCUT2D eigenvalue weighted by molar-refractivity contribution is 0.590. The first kappa shape index (κ1) is 13.0. The molecule has 0 aliphatic heterocycles. The summed E-state index contributed by atoms with van der Waals surface area (Å²) in [6.45, 7) is 6.55. The molecule has 0 N–H and O–H groups in total. The molecule has 0 saturated carbocycles. The standard InChI is InChI=1S/C15H15N3OS/c1-15(2,3)11-6-4-10(5-7-11)8-12-13(19)18-14(20-12)16-9-17-18/h4-9H,1-3H3. The molecule has 102 valence electrons. The molecule has 0 aliphatic rings. The number of hydrogen-bond donors (Lipinski definition) is 0. The second-order valence-electron chi connectivity index (χ2n) is 5.74. The first-order chi connectivity index (χ1) is 9.45. The van der Waals surface area contributed by atoms with Crippen LogP contribution in [0.4, 0.5) is 0 Å². The lowest BCUT2D eigenvalue weighted by Crippen LogP contribution is -2.23. The molecule has 0 bridgehead atoms. The van der Waals surface area contributed by atoms with Crippen molar-refractivity contribution in [3.05, 3.63) is 56.6 Å². The zero-order chi connectivity index (χ0) is 14.3. The Kier molecular flexibility index (Phi) is 2.94. The van der Waals surface area contributed by atoms with Crippen molar-refractivity contribution in [2.45, 2.75) is 26.2 Å². The largest absolute Gasteiger partial charge is 0.291 e. The van der Waals surface area contributed by atoms with Gasteiger partial charge in [0.25, 0.3) is 5.56 Å². The second kappa shape index (κ2) is 4.52. The molecule has 0 unspecified atom stereocenters. The molecule has 20 heavy (non-hydrogen) atoms. The zero-order valence-electron chi connectivity index (χ0n) is 11.6. The van der Waals surface area contributed by atoms with Crippen LogP contribution in [0.15, 0.2) is 35.4 Å². The number of rotatable bonds is 1. The van der Waals surface area contributed by atoms with Gasteiger partial charge in [-0.1, -0.05) is 56.4 Å². The van der Waals surface area contributed by atoms with Gasteiger partial charge < -0.3 is 0 Å². The third-order valence-corrected chi connectivity index (χ3v) is 4.17. The quantitative estimate of drug-likeness (QED) is 0.687. The van der Waals surface area contributed by atoms with Gasteiger partial charge in [0.1, 0.15) is 6.33 Å². The van der Waals surface area contributed by atoms with Gasteiger partial charge in [-0.25, -0.2) is 4.98 Å². The maximum atomic E-state index is 12.1. The number of benzene rings is 1. The summed E-state index contributed by atoms with van der Waals surface area (Å²) < 4.78 is 1.99. The van der Waals surface area contributed by atoms with Gasteiger partial charge in [-0.2, -0.15) is 9.61 Å². The van der Waals surface area contributed by atoms with E-state index >= 15 is 0 Å². The van der Waals surface area contributed by atoms with Crippen molar-refractivity contribution in [2.75, 3.05) is 0 Å². The summed E-state index contributed by atoms with van der Waals surface area (Å²) in [5.41, 5.74) is 2.32. The van der Waals surface area contributed by atoms with Crippen LogP contribution in [0.2, 0.25) is 0 Å². The Balaban J connectivity index is 2.06. The van der Waals surface area contributed by atoms with Crippen LogP contribution in [0.3, 0.4) is 0 Å². The van der Waals surface area contributed by atoms with Crippen molar-refractivity contribution in [3.8, 4) is 0 Å². The summed E-state index contributed by atoms with van der Waals surface area (Å²) in [6.07, 6.45) is 3.28. The molecule has 1 aromatic carbocycles. The SMILES string of the molecule is CC(C)(C)c1ccc(C=c2sc3ncnn3c2=O)cc1. The molecule has 2 aromatic heterocycles. The predicted octanol–water partition coefficient (Wildman–Crippen LogP) is 2.00. The summed E-state index contributed by atoms with van der Waals surface area (Å²) in [5.74, 6) is 0. The lowest BCUT2D eigenvalue weighted by atomic mass is 9.87. The summed E-state index contributed by atoms with van der Waals surface area (Å²) in [4.78, 5) is 16.7. The van der Waals surface area contributed by atoms with E-state index in [1.54, 1.807) is 0 Å². The Bertz CT molecular complexity index is 853. The minimum absolute atomic E-state index is 0.109. The Morgan fingerprint density at radius 1 is 1.20 bits per heavy atom. The van der Waals surface area contributed by atoms with E-state index in [1.165, 1.54) is 27.7 Å². The predicted molar refractivity (Wildman–Crippen MR) is 81.1 cm³/mol. The second-order valence-corrected chi connectivity index (χ2v) is 6.75. The summed E-state index contributed by atoms with van der Waals surface area (Å²) in [6, 6.07) is 8.28. The highest BCUT2D eigenvalue weighted by Gasteiger charge is 2.12. The van der Waals surface area contributed by atoms with Crippen molar-refractivity contribution < 1.29 is 0 Å². The third kappa shape index (κ3) is 2.25. The number of thiazole rings is 1. The van der Waals surface area contributed by atoms with Crippen molar-refractivity contribution >= 4 is 22.4 Å². The van der Waals surface area contributed by atoms with Gasteiger partial charge in [0, 0.05) is 0 Å². The molecule has 0 atom stereocenters. The van der Waals surface area contributed by atoms with Gasteiger partial charge in [-0.3, -0.25) is 4.79 Å². The third-order valence-electron chi connectivity index (χ3n) is 3.20. The van der Waals surface area contributed by atoms with E-state index in [-0.39, 0.29) is 11.0 Å². The molecule has 4 nitrogen and oxygen atoms in total. The summed E-state index contributed by atoms with van der Waals surface area (Å²) in [5, 5.41) is 3.91. The van der Waals surface area contributed by atoms with Crippen LogP contribution < -0.4 is 10.1 Å². The summed E-state index contributed by atoms with van der Waals surface area (Å²) >= 11 is 1.36. The molecule has 3 rings (SSSR count). The van der Waals surface area contributed by atoms with E-state index in [1.807, 2.05) is 18.2 Å². The van der Waals surface area contributed by atoms with E-state index in [0.29, 0.717) is 9.49 Å². The molecule has 0 fully saturated rings. The fourth-order valence-electron chi connectivity index (χ4n) is 2.01. The van der Waals surface area contributed by atoms with Gasteiger partial charge in [0.2, 0.25) is 4.96 Å². The zero-order valence-corrected chi connectivity index (χ0v) is 12.4. The summed E-state index contributed by atoms with van der Waals surface area (Å²) in [7, 11) is 0. The van der Waals surface area contributed by atoms with Crippen LogP contribution in [-0.2, 0) is 5.41 Å². The van der Waals surface area contributed by atoms with Gasteiger partial charge >= 0.3 is 0 Å². The monoisotopic (exact) mass is 285 g/mol. The van der Waals surface area contributed by atoms with Crippen molar-refractivity contribution in [1.82, 2.24) is 14.6 Å². The molecular formula is C15H15N3OS. The Labute approximate surface area is 120 Å². The molecule has 0 aliphatic carbocycles. The molecule has 3 aromatic rings. The molecule has 5 heteroatoms. The first-order valence-electron chi connectivity index (χ1n) is 6.40. The highest BCUT2D eigenvalue weighted by atomic mass is 32.1. The highest BCUT2D eigenvalue weighted by Crippen LogP contribution is 2.22. The average molecular weight is 285 g/mol. The molecule has 0 spiro atoms. The highest BCUT2D eigenvalue weighted by molar-refractivity contribution is 7.15. The van der Waals surface area contributed by atoms with E-state index in [4.69, 9.17) is 0 Å². The Morgan fingerprint density at radius 2 is 1.90 bits per heavy atom. The van der Waals surface area contributed by atoms with Gasteiger partial charge in [-0.15, -0.1) is 0 Å². The normalized spacial score (nSPS) is 13.2.